The van der Waals surface area contributed by atoms with E-state index in [2.05, 4.69) is 59.4 Å². The number of phenols is 1. The number of unbranched alkanes of at least 4 members (excludes halogenated alkanes) is 1. The highest BCUT2D eigenvalue weighted by molar-refractivity contribution is 6.01. The van der Waals surface area contributed by atoms with Crippen molar-refractivity contribution in [3.8, 4) is 16.9 Å². The van der Waals surface area contributed by atoms with Crippen LogP contribution in [0.2, 0.25) is 0 Å². The summed E-state index contributed by atoms with van der Waals surface area (Å²) in [7, 11) is 0. The Morgan fingerprint density at radius 2 is 1.26 bits per heavy atom. The average molecular weight is 923 g/mol. The molecule has 4 aromatic carbocycles. The summed E-state index contributed by atoms with van der Waals surface area (Å²) in [5.41, 5.74) is 7.42. The van der Waals surface area contributed by atoms with Crippen molar-refractivity contribution in [3.63, 3.8) is 0 Å². The van der Waals surface area contributed by atoms with E-state index in [1.807, 2.05) is 68.4 Å². The number of nitrogens with one attached hydrogen (secondary N) is 4. The number of aromatic hydroxyl groups is 1. The largest absolute Gasteiger partial charge is 0.508 e. The van der Waals surface area contributed by atoms with E-state index in [4.69, 9.17) is 4.74 Å². The number of hydrogen-bond acceptors (Lipinski definition) is 7. The molecule has 0 radical (unpaired) electrons. The second-order valence-electron chi connectivity index (χ2n) is 21.3. The van der Waals surface area contributed by atoms with Crippen LogP contribution in [0.4, 0.5) is 15.3 Å². The van der Waals surface area contributed by atoms with Crippen LogP contribution in [-0.2, 0) is 42.8 Å². The number of carboxylic acid groups (broad SMARTS) is 1. The monoisotopic (exact) mass is 922 g/mol. The van der Waals surface area contributed by atoms with Gasteiger partial charge in [0.2, 0.25) is 17.7 Å². The number of alkyl carbamates (subject to hydrolysis) is 1. The molecule has 0 bridgehead atoms. The van der Waals surface area contributed by atoms with Crippen LogP contribution in [-0.4, -0.2) is 59.3 Å². The quantitative estimate of drug-likeness (QED) is 0.0599. The van der Waals surface area contributed by atoms with Gasteiger partial charge in [-0.3, -0.25) is 19.7 Å². The third-order valence-electron chi connectivity index (χ3n) is 17.4. The lowest BCUT2D eigenvalue weighted by molar-refractivity contribution is -0.150. The van der Waals surface area contributed by atoms with Crippen molar-refractivity contribution >= 4 is 35.6 Å². The van der Waals surface area contributed by atoms with E-state index in [1.54, 1.807) is 6.07 Å². The lowest BCUT2D eigenvalue weighted by Crippen LogP contribution is -2.60. The lowest BCUT2D eigenvalue weighted by atomic mass is 9.49. The van der Waals surface area contributed by atoms with Crippen molar-refractivity contribution < 1.29 is 38.9 Å². The maximum atomic E-state index is 14.7. The van der Waals surface area contributed by atoms with E-state index in [0.29, 0.717) is 37.9 Å². The molecule has 358 valence electrons. The minimum Gasteiger partial charge on any atom is -0.508 e. The van der Waals surface area contributed by atoms with Crippen LogP contribution in [0.5, 0.6) is 5.75 Å². The Morgan fingerprint density at radius 1 is 0.706 bits per heavy atom. The van der Waals surface area contributed by atoms with Crippen LogP contribution in [0.3, 0.4) is 0 Å². The van der Waals surface area contributed by atoms with Gasteiger partial charge in [-0.25, -0.2) is 9.59 Å². The molecule has 12 heteroatoms. The first kappa shape index (κ1) is 46.9. The number of benzene rings is 4. The van der Waals surface area contributed by atoms with Crippen molar-refractivity contribution in [2.24, 2.45) is 22.7 Å². The molecule has 68 heavy (non-hydrogen) atoms. The van der Waals surface area contributed by atoms with Gasteiger partial charge in [0.25, 0.3) is 0 Å². The zero-order chi connectivity index (χ0) is 48.0. The van der Waals surface area contributed by atoms with E-state index < -0.39 is 40.4 Å². The fourth-order valence-corrected chi connectivity index (χ4v) is 13.9. The first-order valence-electron chi connectivity index (χ1n) is 24.8. The third kappa shape index (κ3) is 8.42. The molecule has 0 aliphatic heterocycles. The summed E-state index contributed by atoms with van der Waals surface area (Å²) in [5.74, 6) is -0.755. The Labute approximate surface area is 399 Å². The molecule has 9 rings (SSSR count). The number of anilines is 1. The maximum absolute atomic E-state index is 14.7. The molecule has 7 atom stereocenters. The number of phenolic OH excluding ortho intramolecular Hbond substituents is 1. The van der Waals surface area contributed by atoms with Gasteiger partial charge < -0.3 is 30.9 Å². The van der Waals surface area contributed by atoms with Crippen LogP contribution >= 0.6 is 0 Å². The predicted molar refractivity (Wildman–Crippen MR) is 260 cm³/mol. The van der Waals surface area contributed by atoms with Gasteiger partial charge in [0.15, 0.2) is 0 Å². The predicted octanol–water partition coefficient (Wildman–Crippen LogP) is 10.0. The van der Waals surface area contributed by atoms with Crippen LogP contribution in [0, 0.1) is 22.7 Å². The maximum Gasteiger partial charge on any atom is 0.407 e. The van der Waals surface area contributed by atoms with Crippen molar-refractivity contribution in [2.75, 3.05) is 18.5 Å². The number of amides is 5. The third-order valence-corrected chi connectivity index (χ3v) is 17.4. The van der Waals surface area contributed by atoms with Crippen molar-refractivity contribution in [1.82, 2.24) is 16.0 Å². The molecule has 5 aliphatic carbocycles. The van der Waals surface area contributed by atoms with E-state index in [1.165, 1.54) is 5.56 Å². The number of rotatable bonds is 12. The van der Waals surface area contributed by atoms with Gasteiger partial charge in [-0.1, -0.05) is 101 Å². The normalized spacial score (nSPS) is 27.1. The van der Waals surface area contributed by atoms with Gasteiger partial charge in [0.05, 0.1) is 10.8 Å². The number of carbonyl (C=O) groups is 5. The topological polar surface area (TPSA) is 183 Å². The molecule has 2 saturated carbocycles. The molecule has 0 heterocycles. The van der Waals surface area contributed by atoms with E-state index >= 15 is 0 Å². The molecule has 0 unspecified atom stereocenters. The molecule has 5 amide bonds. The summed E-state index contributed by atoms with van der Waals surface area (Å²) < 4.78 is 5.66. The van der Waals surface area contributed by atoms with E-state index in [9.17, 15) is 34.2 Å². The molecule has 0 spiro atoms. The smallest absolute Gasteiger partial charge is 0.407 e. The van der Waals surface area contributed by atoms with Gasteiger partial charge >= 0.3 is 12.2 Å². The number of carbonyl (C=O) groups excluding carboxylic acids is 4. The first-order valence-corrected chi connectivity index (χ1v) is 24.8. The van der Waals surface area contributed by atoms with Crippen molar-refractivity contribution in [3.05, 3.63) is 118 Å². The number of imide groups is 1. The van der Waals surface area contributed by atoms with Crippen LogP contribution in [0.25, 0.3) is 11.1 Å². The molecule has 0 saturated heterocycles. The highest BCUT2D eigenvalue weighted by Gasteiger charge is 2.58. The first-order chi connectivity index (χ1) is 32.5. The molecule has 0 aromatic heterocycles. The Morgan fingerprint density at radius 3 is 1.85 bits per heavy atom. The molecule has 6 N–H and O–H groups in total. The molecule has 2 fully saturated rings. The number of hydrogen-bond donors (Lipinski definition) is 6. The van der Waals surface area contributed by atoms with Crippen LogP contribution in [0.1, 0.15) is 138 Å². The van der Waals surface area contributed by atoms with E-state index in [0.717, 1.165) is 90.3 Å². The minimum atomic E-state index is -1.31. The molecular formula is C56H66N4O8. The number of aryl methyl sites for hydroxylation is 2. The SMILES string of the molecule is C[C@]1(C(=O)NC(=O)[C@@]2(C)CCC[C@]3(C)c4cc(NC(=O)[C@H](CCCCNC(=O)OCC5c6ccccc6-c6ccccc65)NC(=O)O)ccc4CC[C@@H]23)CCC[C@]2(C)c3cc(O)ccc3CC[C@@H]12. The molecule has 4 aromatic rings. The second kappa shape index (κ2) is 18.4. The summed E-state index contributed by atoms with van der Waals surface area (Å²) in [6.45, 7) is 9.00. The fourth-order valence-electron chi connectivity index (χ4n) is 13.9. The second-order valence-corrected chi connectivity index (χ2v) is 21.3. The van der Waals surface area contributed by atoms with E-state index in [-0.39, 0.29) is 53.8 Å². The van der Waals surface area contributed by atoms with Crippen LogP contribution in [0.15, 0.2) is 84.9 Å². The lowest BCUT2D eigenvalue weighted by Gasteiger charge is -2.56. The van der Waals surface area contributed by atoms with Gasteiger partial charge in [0, 0.05) is 18.2 Å². The number of fused-ring (bicyclic) bond motifs is 9. The zero-order valence-corrected chi connectivity index (χ0v) is 39.8. The highest BCUT2D eigenvalue weighted by atomic mass is 16.5. The Bertz CT molecular complexity index is 2600. The Balaban J connectivity index is 0.809. The summed E-state index contributed by atoms with van der Waals surface area (Å²) in [4.78, 5) is 67.6. The molecular weight excluding hydrogens is 857 g/mol. The van der Waals surface area contributed by atoms with Crippen molar-refractivity contribution in [1.29, 1.82) is 0 Å². The summed E-state index contributed by atoms with van der Waals surface area (Å²) in [6, 6.07) is 26.8. The Kier molecular flexibility index (Phi) is 12.7. The summed E-state index contributed by atoms with van der Waals surface area (Å²) in [5, 5.41) is 31.3. The molecule has 12 nitrogen and oxygen atoms in total. The fraction of sp³-hybridized carbons (Fsp3) is 0.482. The summed E-state index contributed by atoms with van der Waals surface area (Å²) in [6.07, 6.45) is 7.32. The average Bonchev–Trinajstić information content (AvgIpc) is 3.63. The van der Waals surface area contributed by atoms with Gasteiger partial charge in [-0.2, -0.15) is 0 Å². The van der Waals surface area contributed by atoms with Gasteiger partial charge in [0.1, 0.15) is 18.4 Å². The number of ether oxygens (including phenoxy) is 1. The highest BCUT2D eigenvalue weighted by Crippen LogP contribution is 2.60. The standard InChI is InChI=1S/C56H66N4O8/c1-53-26-11-28-55(3,49(63)60-50(64)56(4)29-12-27-54(2)44-32-37(61)23-19-35(44)21-25-47(54)56)46(53)24-20-34-18-22-36(31-43(34)53)58-48(62)45(59-51(65)66)17-9-10-30-57-52(67)68-33-42-40-15-7-5-13-38(40)39-14-6-8-16-41(39)42/h5-8,13-16,18-19,22-23,31-32,42,45-47,59,61H,9-12,17,20-21,24-30,33H2,1-4H3,(H,57,67)(H,58,62)(H,65,66)(H,60,63,64)/t45-,46+,47+,53+,54+,55-,56-/m0/s1. The van der Waals surface area contributed by atoms with Gasteiger partial charge in [-0.05, 0) is 162 Å². The minimum absolute atomic E-state index is 0.0227. The zero-order valence-electron chi connectivity index (χ0n) is 39.8. The molecule has 5 aliphatic rings. The Hall–Kier alpha value is -6.17. The van der Waals surface area contributed by atoms with Crippen LogP contribution < -0.4 is 21.3 Å². The van der Waals surface area contributed by atoms with Crippen molar-refractivity contribution in [2.45, 2.75) is 134 Å². The summed E-state index contributed by atoms with van der Waals surface area (Å²) >= 11 is 0. The van der Waals surface area contributed by atoms with Gasteiger partial charge in [-0.15, -0.1) is 0 Å².